The predicted octanol–water partition coefficient (Wildman–Crippen LogP) is 1.52. The maximum absolute atomic E-state index is 13.4. The van der Waals surface area contributed by atoms with Gasteiger partial charge in [0.05, 0.1) is 7.05 Å². The van der Waals surface area contributed by atoms with Gasteiger partial charge in [-0.3, -0.25) is 4.79 Å². The summed E-state index contributed by atoms with van der Waals surface area (Å²) in [4.78, 5) is 12.7. The number of furan rings is 1. The lowest BCUT2D eigenvalue weighted by atomic mass is 10.3. The van der Waals surface area contributed by atoms with Crippen molar-refractivity contribution in [3.05, 3.63) is 53.5 Å². The molecule has 2 aromatic rings. The highest BCUT2D eigenvalue weighted by molar-refractivity contribution is 5.91. The van der Waals surface area contributed by atoms with Gasteiger partial charge in [-0.25, -0.2) is 8.78 Å². The van der Waals surface area contributed by atoms with Crippen LogP contribution in [0.1, 0.15) is 11.5 Å². The van der Waals surface area contributed by atoms with Gasteiger partial charge in [-0.1, -0.05) is 6.07 Å². The van der Waals surface area contributed by atoms with Gasteiger partial charge in [-0.2, -0.15) is 0 Å². The molecule has 1 aromatic heterocycles. The number of halogens is 2. The smallest absolute Gasteiger partial charge is 0.279 e. The van der Waals surface area contributed by atoms with Crippen LogP contribution < -0.4 is 10.2 Å². The van der Waals surface area contributed by atoms with Gasteiger partial charge in [-0.15, -0.1) is 0 Å². The fourth-order valence-electron chi connectivity index (χ4n) is 2.02. The molecule has 1 amide bonds. The first-order valence-electron chi connectivity index (χ1n) is 6.56. The number of amides is 1. The van der Waals surface area contributed by atoms with Crippen molar-refractivity contribution >= 4 is 11.6 Å². The minimum atomic E-state index is -0.789. The van der Waals surface area contributed by atoms with Crippen LogP contribution in [0.25, 0.3) is 0 Å². The van der Waals surface area contributed by atoms with Crippen LogP contribution >= 0.6 is 0 Å². The summed E-state index contributed by atoms with van der Waals surface area (Å²) in [7, 11) is 1.80. The van der Waals surface area contributed by atoms with Crippen LogP contribution in [0.5, 0.6) is 0 Å². The van der Waals surface area contributed by atoms with Crippen LogP contribution in [-0.4, -0.2) is 19.5 Å². The highest BCUT2D eigenvalue weighted by atomic mass is 19.1. The number of hydrogen-bond acceptors (Lipinski definition) is 2. The van der Waals surface area contributed by atoms with Crippen LogP contribution in [0.15, 0.2) is 34.7 Å². The molecule has 0 aliphatic heterocycles. The number of quaternary nitrogens is 1. The quantitative estimate of drug-likeness (QED) is 0.878. The van der Waals surface area contributed by atoms with E-state index in [9.17, 15) is 13.6 Å². The Morgan fingerprint density at radius 3 is 2.48 bits per heavy atom. The number of carbonyl (C=O) groups is 1. The Kier molecular flexibility index (Phi) is 4.70. The minimum Gasteiger partial charge on any atom is -0.460 e. The van der Waals surface area contributed by atoms with Crippen LogP contribution in [0.3, 0.4) is 0 Å². The third-order valence-corrected chi connectivity index (χ3v) is 2.96. The van der Waals surface area contributed by atoms with Crippen molar-refractivity contribution in [3.8, 4) is 0 Å². The van der Waals surface area contributed by atoms with E-state index in [1.165, 1.54) is 6.07 Å². The second-order valence-electron chi connectivity index (χ2n) is 4.97. The summed E-state index contributed by atoms with van der Waals surface area (Å²) in [6.45, 7) is 2.43. The van der Waals surface area contributed by atoms with E-state index in [0.717, 1.165) is 28.6 Å². The standard InChI is InChI=1S/C15H16F2N2O2/c1-10-6-7-11(21-10)8-19(2)9-14(20)18-15-12(16)4-3-5-13(15)17/h3-7H,8-9H2,1-2H3,(H,18,20)/p+1. The molecule has 112 valence electrons. The first-order valence-corrected chi connectivity index (χ1v) is 6.56. The summed E-state index contributed by atoms with van der Waals surface area (Å²) in [5, 5.41) is 2.26. The topological polar surface area (TPSA) is 46.7 Å². The van der Waals surface area contributed by atoms with Gasteiger partial charge in [0, 0.05) is 0 Å². The Balaban J connectivity index is 1.92. The largest absolute Gasteiger partial charge is 0.460 e. The number of nitrogens with one attached hydrogen (secondary N) is 2. The lowest BCUT2D eigenvalue weighted by molar-refractivity contribution is -0.886. The third kappa shape index (κ3) is 4.13. The molecular formula is C15H17F2N2O2+. The molecule has 1 heterocycles. The van der Waals surface area contributed by atoms with Crippen molar-refractivity contribution < 1.29 is 22.9 Å². The van der Waals surface area contributed by atoms with Crippen LogP contribution in [0, 0.1) is 18.6 Å². The number of rotatable bonds is 5. The van der Waals surface area contributed by atoms with Crippen LogP contribution in [-0.2, 0) is 11.3 Å². The van der Waals surface area contributed by atoms with Crippen molar-refractivity contribution in [1.29, 1.82) is 0 Å². The van der Waals surface area contributed by atoms with E-state index in [4.69, 9.17) is 4.42 Å². The van der Waals surface area contributed by atoms with E-state index < -0.39 is 23.2 Å². The zero-order chi connectivity index (χ0) is 15.4. The van der Waals surface area contributed by atoms with Crippen molar-refractivity contribution in [2.45, 2.75) is 13.5 Å². The summed E-state index contributed by atoms with van der Waals surface area (Å²) >= 11 is 0. The molecule has 0 fully saturated rings. The molecular weight excluding hydrogens is 278 g/mol. The van der Waals surface area contributed by atoms with Gasteiger partial charge in [0.25, 0.3) is 5.91 Å². The Bertz CT molecular complexity index is 620. The van der Waals surface area contributed by atoms with Crippen molar-refractivity contribution in [2.24, 2.45) is 0 Å². The zero-order valence-electron chi connectivity index (χ0n) is 11.9. The fourth-order valence-corrected chi connectivity index (χ4v) is 2.02. The van der Waals surface area contributed by atoms with Crippen LogP contribution in [0.2, 0.25) is 0 Å². The first kappa shape index (κ1) is 15.2. The van der Waals surface area contributed by atoms with E-state index in [1.54, 1.807) is 7.05 Å². The fraction of sp³-hybridized carbons (Fsp3) is 0.267. The number of benzene rings is 1. The van der Waals surface area contributed by atoms with Crippen LogP contribution in [0.4, 0.5) is 14.5 Å². The first-order chi connectivity index (χ1) is 9.95. The van der Waals surface area contributed by atoms with Gasteiger partial charge < -0.3 is 14.6 Å². The monoisotopic (exact) mass is 295 g/mol. The number of anilines is 1. The predicted molar refractivity (Wildman–Crippen MR) is 73.9 cm³/mol. The Morgan fingerprint density at radius 2 is 1.90 bits per heavy atom. The van der Waals surface area contributed by atoms with Crippen molar-refractivity contribution in [2.75, 3.05) is 18.9 Å². The van der Waals surface area contributed by atoms with E-state index in [1.807, 2.05) is 19.1 Å². The lowest BCUT2D eigenvalue weighted by Crippen LogP contribution is -3.08. The average Bonchev–Trinajstić information content (AvgIpc) is 2.79. The number of likely N-dealkylation sites (N-methyl/N-ethyl adjacent to an activating group) is 1. The molecule has 0 saturated heterocycles. The van der Waals surface area contributed by atoms with Gasteiger partial charge in [0.1, 0.15) is 29.6 Å². The normalized spacial score (nSPS) is 12.2. The van der Waals surface area contributed by atoms with E-state index in [-0.39, 0.29) is 6.54 Å². The van der Waals surface area contributed by atoms with Gasteiger partial charge in [0.15, 0.2) is 12.3 Å². The van der Waals surface area contributed by atoms with Crippen molar-refractivity contribution in [3.63, 3.8) is 0 Å². The van der Waals surface area contributed by atoms with Gasteiger partial charge >= 0.3 is 0 Å². The summed E-state index contributed by atoms with van der Waals surface area (Å²) < 4.78 is 32.3. The number of hydrogen-bond donors (Lipinski definition) is 2. The number of para-hydroxylation sites is 1. The molecule has 2 rings (SSSR count). The summed E-state index contributed by atoms with van der Waals surface area (Å²) in [6.07, 6.45) is 0. The van der Waals surface area contributed by atoms with Gasteiger partial charge in [0.2, 0.25) is 0 Å². The van der Waals surface area contributed by atoms with E-state index in [0.29, 0.717) is 6.54 Å². The molecule has 0 aliphatic carbocycles. The zero-order valence-corrected chi connectivity index (χ0v) is 11.9. The summed E-state index contributed by atoms with van der Waals surface area (Å²) in [5.74, 6) is -0.476. The molecule has 0 radical (unpaired) electrons. The Labute approximate surface area is 121 Å². The summed E-state index contributed by atoms with van der Waals surface area (Å²) in [5.41, 5.74) is -0.413. The highest BCUT2D eigenvalue weighted by Gasteiger charge is 2.16. The maximum Gasteiger partial charge on any atom is 0.279 e. The Hall–Kier alpha value is -2.21. The van der Waals surface area contributed by atoms with E-state index in [2.05, 4.69) is 5.32 Å². The molecule has 21 heavy (non-hydrogen) atoms. The SMILES string of the molecule is Cc1ccc(C[NH+](C)CC(=O)Nc2c(F)cccc2F)o1. The summed E-state index contributed by atoms with van der Waals surface area (Å²) in [6, 6.07) is 7.13. The van der Waals surface area contributed by atoms with E-state index >= 15 is 0 Å². The number of aryl methyl sites for hydroxylation is 1. The second kappa shape index (κ2) is 6.49. The van der Waals surface area contributed by atoms with Crippen molar-refractivity contribution in [1.82, 2.24) is 0 Å². The molecule has 0 spiro atoms. The molecule has 0 saturated carbocycles. The third-order valence-electron chi connectivity index (χ3n) is 2.96. The highest BCUT2D eigenvalue weighted by Crippen LogP contribution is 2.17. The minimum absolute atomic E-state index is 0.0769. The second-order valence-corrected chi connectivity index (χ2v) is 4.97. The van der Waals surface area contributed by atoms with Gasteiger partial charge in [-0.05, 0) is 31.2 Å². The molecule has 2 N–H and O–H groups in total. The molecule has 1 unspecified atom stereocenters. The molecule has 1 atom stereocenters. The molecule has 0 bridgehead atoms. The number of carbonyl (C=O) groups excluding carboxylic acids is 1. The molecule has 1 aromatic carbocycles. The molecule has 6 heteroatoms. The lowest BCUT2D eigenvalue weighted by Gasteiger charge is -2.13. The molecule has 0 aliphatic rings. The Morgan fingerprint density at radius 1 is 1.24 bits per heavy atom. The average molecular weight is 295 g/mol. The molecule has 4 nitrogen and oxygen atoms in total. The maximum atomic E-state index is 13.4.